The molecule has 0 fully saturated rings. The van der Waals surface area contributed by atoms with Crippen molar-refractivity contribution in [3.8, 4) is 39.1 Å². The average molecular weight is 739 g/mol. The molecule has 0 bridgehead atoms. The highest BCUT2D eigenvalue weighted by Crippen LogP contribution is 2.43. The lowest BCUT2D eigenvalue weighted by atomic mass is 9.95. The maximum atomic E-state index is 2.44. The van der Waals surface area contributed by atoms with Crippen molar-refractivity contribution in [2.24, 2.45) is 0 Å². The van der Waals surface area contributed by atoms with Gasteiger partial charge in [0.1, 0.15) is 0 Å². The van der Waals surface area contributed by atoms with Crippen molar-refractivity contribution < 1.29 is 0 Å². The molecule has 0 unspecified atom stereocenters. The lowest BCUT2D eigenvalue weighted by Gasteiger charge is -2.26. The SMILES string of the molecule is c1ccc(-c2ccc(-c3cccc4c3c3c5ccccc5ccc3n4-c3ccc(N(c4ccc(-c5ccccc5)cc4)c4ccc5ccccc5c4)cc3)cc2)cc1. The van der Waals surface area contributed by atoms with Crippen LogP contribution >= 0.6 is 0 Å². The van der Waals surface area contributed by atoms with Gasteiger partial charge in [0, 0.05) is 33.5 Å². The van der Waals surface area contributed by atoms with Crippen LogP contribution in [0.2, 0.25) is 0 Å². The highest BCUT2D eigenvalue weighted by molar-refractivity contribution is 6.25. The molecule has 0 radical (unpaired) electrons. The van der Waals surface area contributed by atoms with Crippen molar-refractivity contribution >= 4 is 60.4 Å². The van der Waals surface area contributed by atoms with E-state index in [1.54, 1.807) is 0 Å². The molecule has 2 heteroatoms. The van der Waals surface area contributed by atoms with Crippen LogP contribution in [0, 0.1) is 0 Å². The van der Waals surface area contributed by atoms with Crippen LogP contribution in [0.5, 0.6) is 0 Å². The van der Waals surface area contributed by atoms with Crippen LogP contribution in [-0.4, -0.2) is 4.57 Å². The number of nitrogens with zero attached hydrogens (tertiary/aromatic N) is 2. The van der Waals surface area contributed by atoms with Crippen LogP contribution in [0.15, 0.2) is 231 Å². The van der Waals surface area contributed by atoms with Crippen molar-refractivity contribution in [1.29, 1.82) is 0 Å². The number of anilines is 3. The van der Waals surface area contributed by atoms with E-state index in [9.17, 15) is 0 Å². The summed E-state index contributed by atoms with van der Waals surface area (Å²) in [5.74, 6) is 0. The molecule has 0 aliphatic rings. The second kappa shape index (κ2) is 14.1. The summed E-state index contributed by atoms with van der Waals surface area (Å²) in [5, 5.41) is 7.48. The molecular weight excluding hydrogens is 701 g/mol. The Kier molecular flexibility index (Phi) is 8.19. The Bertz CT molecular complexity index is 3230. The molecular formula is C56H38N2. The maximum absolute atomic E-state index is 2.44. The van der Waals surface area contributed by atoms with E-state index in [4.69, 9.17) is 0 Å². The van der Waals surface area contributed by atoms with E-state index in [1.807, 2.05) is 0 Å². The molecule has 0 spiro atoms. The Hall–Kier alpha value is -7.68. The number of benzene rings is 10. The predicted molar refractivity (Wildman–Crippen MR) is 247 cm³/mol. The van der Waals surface area contributed by atoms with Gasteiger partial charge in [-0.25, -0.2) is 0 Å². The minimum absolute atomic E-state index is 1.09. The van der Waals surface area contributed by atoms with Gasteiger partial charge in [0.2, 0.25) is 0 Å². The summed E-state index contributed by atoms with van der Waals surface area (Å²) < 4.78 is 2.44. The van der Waals surface area contributed by atoms with E-state index in [-0.39, 0.29) is 0 Å². The lowest BCUT2D eigenvalue weighted by Crippen LogP contribution is -2.10. The van der Waals surface area contributed by atoms with Crippen molar-refractivity contribution in [3.05, 3.63) is 231 Å². The molecule has 10 aromatic carbocycles. The van der Waals surface area contributed by atoms with Crippen LogP contribution in [0.25, 0.3) is 82.4 Å². The molecule has 0 atom stereocenters. The molecule has 1 aromatic heterocycles. The number of rotatable bonds is 7. The fraction of sp³-hybridized carbons (Fsp3) is 0. The van der Waals surface area contributed by atoms with Crippen molar-refractivity contribution in [2.45, 2.75) is 0 Å². The van der Waals surface area contributed by atoms with E-state index >= 15 is 0 Å². The number of hydrogen-bond acceptors (Lipinski definition) is 1. The first-order valence-corrected chi connectivity index (χ1v) is 19.9. The monoisotopic (exact) mass is 738 g/mol. The fourth-order valence-corrected chi connectivity index (χ4v) is 8.77. The third-order valence-electron chi connectivity index (χ3n) is 11.6. The fourth-order valence-electron chi connectivity index (χ4n) is 8.77. The van der Waals surface area contributed by atoms with Gasteiger partial charge >= 0.3 is 0 Å². The van der Waals surface area contributed by atoms with Gasteiger partial charge < -0.3 is 9.47 Å². The van der Waals surface area contributed by atoms with E-state index in [1.165, 1.54) is 76.7 Å². The Morgan fingerprint density at radius 1 is 0.293 bits per heavy atom. The first-order valence-electron chi connectivity index (χ1n) is 19.9. The van der Waals surface area contributed by atoms with Crippen molar-refractivity contribution in [3.63, 3.8) is 0 Å². The summed E-state index contributed by atoms with van der Waals surface area (Å²) in [6.45, 7) is 0. The predicted octanol–water partition coefficient (Wildman–Crippen LogP) is 15.6. The molecule has 0 aliphatic carbocycles. The normalized spacial score (nSPS) is 11.4. The van der Waals surface area contributed by atoms with Crippen LogP contribution < -0.4 is 4.90 Å². The summed E-state index contributed by atoms with van der Waals surface area (Å²) in [6.07, 6.45) is 0. The molecule has 11 rings (SSSR count). The molecule has 0 N–H and O–H groups in total. The van der Waals surface area contributed by atoms with Gasteiger partial charge in [0.05, 0.1) is 11.0 Å². The third-order valence-corrected chi connectivity index (χ3v) is 11.6. The third kappa shape index (κ3) is 5.82. The van der Waals surface area contributed by atoms with E-state index in [0.29, 0.717) is 0 Å². The zero-order chi connectivity index (χ0) is 38.4. The molecule has 272 valence electrons. The second-order valence-corrected chi connectivity index (χ2v) is 15.0. The van der Waals surface area contributed by atoms with Crippen molar-refractivity contribution in [1.82, 2.24) is 4.57 Å². The Balaban J connectivity index is 1.06. The molecule has 0 saturated heterocycles. The number of aromatic nitrogens is 1. The quantitative estimate of drug-likeness (QED) is 0.158. The summed E-state index contributed by atoms with van der Waals surface area (Å²) in [6, 6.07) is 83.6. The molecule has 2 nitrogen and oxygen atoms in total. The topological polar surface area (TPSA) is 8.17 Å². The minimum atomic E-state index is 1.09. The molecule has 0 saturated carbocycles. The highest BCUT2D eigenvalue weighted by atomic mass is 15.1. The second-order valence-electron chi connectivity index (χ2n) is 15.0. The minimum Gasteiger partial charge on any atom is -0.310 e. The van der Waals surface area contributed by atoms with E-state index < -0.39 is 0 Å². The van der Waals surface area contributed by atoms with Gasteiger partial charge in [-0.15, -0.1) is 0 Å². The van der Waals surface area contributed by atoms with E-state index in [0.717, 1.165) is 22.7 Å². The molecule has 58 heavy (non-hydrogen) atoms. The van der Waals surface area contributed by atoms with Gasteiger partial charge in [-0.3, -0.25) is 0 Å². The number of fused-ring (bicyclic) bond motifs is 6. The Morgan fingerprint density at radius 3 is 1.48 bits per heavy atom. The first kappa shape index (κ1) is 33.6. The largest absolute Gasteiger partial charge is 0.310 e. The van der Waals surface area contributed by atoms with Crippen LogP contribution in [0.4, 0.5) is 17.1 Å². The smallest absolute Gasteiger partial charge is 0.0547 e. The highest BCUT2D eigenvalue weighted by Gasteiger charge is 2.20. The van der Waals surface area contributed by atoms with Gasteiger partial charge in [0.15, 0.2) is 0 Å². The zero-order valence-corrected chi connectivity index (χ0v) is 31.8. The summed E-state index contributed by atoms with van der Waals surface area (Å²) >= 11 is 0. The standard InChI is InChI=1S/C56H38N2/c1-3-12-39(13-4-1)42-22-24-45(25-23-42)52-20-11-21-53-55(52)56-51-19-10-9-17-44(51)29-37-54(56)58(53)49-35-33-48(34-36-49)57(50-32-28-41-16-7-8-18-46(41)38-50)47-30-26-43(27-31-47)40-14-5-2-6-15-40/h1-38H. The van der Waals surface area contributed by atoms with Gasteiger partial charge in [-0.1, -0.05) is 170 Å². The first-order chi connectivity index (χ1) is 28.8. The molecule has 11 aromatic rings. The van der Waals surface area contributed by atoms with Gasteiger partial charge in [0.25, 0.3) is 0 Å². The average Bonchev–Trinajstić information content (AvgIpc) is 3.65. The molecule has 0 amide bonds. The number of hydrogen-bond donors (Lipinski definition) is 0. The molecule has 1 heterocycles. The van der Waals surface area contributed by atoms with Gasteiger partial charge in [-0.2, -0.15) is 0 Å². The van der Waals surface area contributed by atoms with Crippen LogP contribution in [0.1, 0.15) is 0 Å². The summed E-state index contributed by atoms with van der Waals surface area (Å²) in [4.78, 5) is 2.36. The molecule has 0 aliphatic heterocycles. The van der Waals surface area contributed by atoms with Crippen LogP contribution in [-0.2, 0) is 0 Å². The van der Waals surface area contributed by atoms with Crippen LogP contribution in [0.3, 0.4) is 0 Å². The zero-order valence-electron chi connectivity index (χ0n) is 31.8. The summed E-state index contributed by atoms with van der Waals surface area (Å²) in [5.41, 5.74) is 14.1. The van der Waals surface area contributed by atoms with Crippen molar-refractivity contribution in [2.75, 3.05) is 4.90 Å². The Labute approximate surface area is 338 Å². The Morgan fingerprint density at radius 2 is 0.793 bits per heavy atom. The van der Waals surface area contributed by atoms with Gasteiger partial charge in [-0.05, 0) is 116 Å². The summed E-state index contributed by atoms with van der Waals surface area (Å²) in [7, 11) is 0. The lowest BCUT2D eigenvalue weighted by molar-refractivity contribution is 1.17. The van der Waals surface area contributed by atoms with E-state index in [2.05, 4.69) is 240 Å². The maximum Gasteiger partial charge on any atom is 0.0547 e.